The standard InChI is InChI=1S/C20H19ClN2O2/c1-12-4-5-15-10-16(20(21)23-19(15)13(12)2)11-25-18-8-6-17(7-9-18)22-14(3)24/h4-10H,11H2,1-3H3,(H,22,24). The number of amides is 1. The van der Waals surface area contributed by atoms with Crippen molar-refractivity contribution >= 4 is 34.1 Å². The molecule has 25 heavy (non-hydrogen) atoms. The molecule has 1 amide bonds. The maximum Gasteiger partial charge on any atom is 0.221 e. The molecule has 4 nitrogen and oxygen atoms in total. The first-order valence-corrected chi connectivity index (χ1v) is 8.37. The van der Waals surface area contributed by atoms with Crippen LogP contribution in [0, 0.1) is 13.8 Å². The molecule has 5 heteroatoms. The molecular formula is C20H19ClN2O2. The predicted molar refractivity (Wildman–Crippen MR) is 101 cm³/mol. The number of halogens is 1. The fraction of sp³-hybridized carbons (Fsp3) is 0.200. The Morgan fingerprint density at radius 1 is 1.16 bits per heavy atom. The second-order valence-corrected chi connectivity index (χ2v) is 6.37. The highest BCUT2D eigenvalue weighted by Gasteiger charge is 2.09. The number of aromatic nitrogens is 1. The topological polar surface area (TPSA) is 51.2 Å². The highest BCUT2D eigenvalue weighted by Crippen LogP contribution is 2.26. The number of anilines is 1. The van der Waals surface area contributed by atoms with Gasteiger partial charge < -0.3 is 10.1 Å². The molecule has 1 N–H and O–H groups in total. The summed E-state index contributed by atoms with van der Waals surface area (Å²) < 4.78 is 5.80. The number of hydrogen-bond donors (Lipinski definition) is 1. The molecule has 0 radical (unpaired) electrons. The molecule has 0 fully saturated rings. The van der Waals surface area contributed by atoms with E-state index in [9.17, 15) is 4.79 Å². The van der Waals surface area contributed by atoms with Crippen molar-refractivity contribution in [2.45, 2.75) is 27.4 Å². The Morgan fingerprint density at radius 3 is 2.56 bits per heavy atom. The molecule has 0 saturated carbocycles. The summed E-state index contributed by atoms with van der Waals surface area (Å²) in [6, 6.07) is 13.3. The van der Waals surface area contributed by atoms with Gasteiger partial charge in [0.05, 0.1) is 5.52 Å². The van der Waals surface area contributed by atoms with E-state index in [4.69, 9.17) is 16.3 Å². The van der Waals surface area contributed by atoms with Crippen LogP contribution in [0.2, 0.25) is 5.15 Å². The van der Waals surface area contributed by atoms with Gasteiger partial charge in [-0.1, -0.05) is 23.7 Å². The number of fused-ring (bicyclic) bond motifs is 1. The van der Waals surface area contributed by atoms with Crippen LogP contribution >= 0.6 is 11.6 Å². The van der Waals surface area contributed by atoms with Crippen molar-refractivity contribution in [2.75, 3.05) is 5.32 Å². The van der Waals surface area contributed by atoms with Gasteiger partial charge in [-0.25, -0.2) is 4.98 Å². The molecule has 2 aromatic carbocycles. The Morgan fingerprint density at radius 2 is 1.88 bits per heavy atom. The van der Waals surface area contributed by atoms with Crippen LogP contribution in [-0.4, -0.2) is 10.9 Å². The van der Waals surface area contributed by atoms with E-state index in [1.807, 2.05) is 19.1 Å². The monoisotopic (exact) mass is 354 g/mol. The van der Waals surface area contributed by atoms with Crippen LogP contribution in [0.15, 0.2) is 42.5 Å². The van der Waals surface area contributed by atoms with Crippen molar-refractivity contribution in [1.82, 2.24) is 4.98 Å². The van der Waals surface area contributed by atoms with E-state index < -0.39 is 0 Å². The number of hydrogen-bond acceptors (Lipinski definition) is 3. The molecule has 0 bridgehead atoms. The number of nitrogens with one attached hydrogen (secondary N) is 1. The van der Waals surface area contributed by atoms with Gasteiger partial charge in [-0.15, -0.1) is 0 Å². The lowest BCUT2D eigenvalue weighted by Crippen LogP contribution is -2.05. The van der Waals surface area contributed by atoms with E-state index >= 15 is 0 Å². The first-order valence-electron chi connectivity index (χ1n) is 8.00. The lowest BCUT2D eigenvalue weighted by molar-refractivity contribution is -0.114. The molecule has 1 aromatic heterocycles. The van der Waals surface area contributed by atoms with Crippen LogP contribution in [0.25, 0.3) is 10.9 Å². The van der Waals surface area contributed by atoms with Gasteiger partial charge in [0, 0.05) is 23.6 Å². The fourth-order valence-corrected chi connectivity index (χ4v) is 2.80. The van der Waals surface area contributed by atoms with Crippen molar-refractivity contribution in [1.29, 1.82) is 0 Å². The van der Waals surface area contributed by atoms with E-state index in [0.717, 1.165) is 27.7 Å². The highest BCUT2D eigenvalue weighted by atomic mass is 35.5. The first-order chi connectivity index (χ1) is 11.9. The second kappa shape index (κ2) is 7.11. The summed E-state index contributed by atoms with van der Waals surface area (Å²) in [5.41, 5.74) is 4.83. The van der Waals surface area contributed by atoms with E-state index in [1.54, 1.807) is 24.3 Å². The Kier molecular flexibility index (Phi) is 4.91. The van der Waals surface area contributed by atoms with Crippen LogP contribution in [-0.2, 0) is 11.4 Å². The second-order valence-electron chi connectivity index (χ2n) is 6.01. The molecule has 0 aliphatic carbocycles. The minimum absolute atomic E-state index is 0.104. The third-order valence-corrected chi connectivity index (χ3v) is 4.43. The molecular weight excluding hydrogens is 336 g/mol. The molecule has 0 spiro atoms. The number of carbonyl (C=O) groups excluding carboxylic acids is 1. The molecule has 3 rings (SSSR count). The Hall–Kier alpha value is -2.59. The largest absolute Gasteiger partial charge is 0.489 e. The summed E-state index contributed by atoms with van der Waals surface area (Å²) in [5, 5.41) is 4.22. The zero-order chi connectivity index (χ0) is 18.0. The first kappa shape index (κ1) is 17.2. The van der Waals surface area contributed by atoms with Crippen LogP contribution in [0.1, 0.15) is 23.6 Å². The lowest BCUT2D eigenvalue weighted by Gasteiger charge is -2.11. The predicted octanol–water partition coefficient (Wildman–Crippen LogP) is 5.04. The van der Waals surface area contributed by atoms with E-state index in [-0.39, 0.29) is 5.91 Å². The summed E-state index contributed by atoms with van der Waals surface area (Å²) in [6.07, 6.45) is 0. The number of carbonyl (C=O) groups is 1. The summed E-state index contributed by atoms with van der Waals surface area (Å²) in [5.74, 6) is 0.596. The molecule has 0 saturated heterocycles. The normalized spacial score (nSPS) is 10.7. The summed E-state index contributed by atoms with van der Waals surface area (Å²) in [6.45, 7) is 5.91. The molecule has 0 aliphatic rings. The van der Waals surface area contributed by atoms with Crippen LogP contribution in [0.5, 0.6) is 5.75 Å². The van der Waals surface area contributed by atoms with Crippen molar-refractivity contribution in [3.05, 3.63) is 64.3 Å². The van der Waals surface area contributed by atoms with Gasteiger partial charge in [-0.05, 0) is 55.3 Å². The van der Waals surface area contributed by atoms with E-state index in [1.165, 1.54) is 12.5 Å². The van der Waals surface area contributed by atoms with Gasteiger partial charge in [0.15, 0.2) is 0 Å². The summed E-state index contributed by atoms with van der Waals surface area (Å²) in [7, 11) is 0. The third-order valence-electron chi connectivity index (χ3n) is 4.11. The van der Waals surface area contributed by atoms with Gasteiger partial charge >= 0.3 is 0 Å². The number of ether oxygens (including phenoxy) is 1. The van der Waals surface area contributed by atoms with Crippen molar-refractivity contribution < 1.29 is 9.53 Å². The summed E-state index contributed by atoms with van der Waals surface area (Å²) >= 11 is 6.34. The van der Waals surface area contributed by atoms with E-state index in [2.05, 4.69) is 23.3 Å². The summed E-state index contributed by atoms with van der Waals surface area (Å²) in [4.78, 5) is 15.6. The number of nitrogens with zero attached hydrogens (tertiary/aromatic N) is 1. The van der Waals surface area contributed by atoms with E-state index in [0.29, 0.717) is 17.5 Å². The SMILES string of the molecule is CC(=O)Nc1ccc(OCc2cc3ccc(C)c(C)c3nc2Cl)cc1. The molecule has 0 atom stereocenters. The molecule has 128 valence electrons. The third kappa shape index (κ3) is 3.91. The van der Waals surface area contributed by atoms with Gasteiger partial charge in [-0.2, -0.15) is 0 Å². The highest BCUT2D eigenvalue weighted by molar-refractivity contribution is 6.30. The fourth-order valence-electron chi connectivity index (χ4n) is 2.60. The number of aryl methyl sites for hydroxylation is 2. The maximum atomic E-state index is 11.0. The van der Waals surface area contributed by atoms with Gasteiger partial charge in [0.1, 0.15) is 17.5 Å². The van der Waals surface area contributed by atoms with Gasteiger partial charge in [0.25, 0.3) is 0 Å². The molecule has 3 aromatic rings. The van der Waals surface area contributed by atoms with Gasteiger partial charge in [0.2, 0.25) is 5.91 Å². The molecule has 0 aliphatic heterocycles. The number of pyridine rings is 1. The average Bonchev–Trinajstić information content (AvgIpc) is 2.58. The van der Waals surface area contributed by atoms with Gasteiger partial charge in [-0.3, -0.25) is 4.79 Å². The zero-order valence-electron chi connectivity index (χ0n) is 14.4. The van der Waals surface area contributed by atoms with Crippen molar-refractivity contribution in [3.8, 4) is 5.75 Å². The lowest BCUT2D eigenvalue weighted by atomic mass is 10.0. The quantitative estimate of drug-likeness (QED) is 0.667. The van der Waals surface area contributed by atoms with Crippen molar-refractivity contribution in [2.24, 2.45) is 0 Å². The van der Waals surface area contributed by atoms with Crippen LogP contribution in [0.3, 0.4) is 0 Å². The molecule has 1 heterocycles. The average molecular weight is 355 g/mol. The Balaban J connectivity index is 1.78. The minimum atomic E-state index is -0.104. The minimum Gasteiger partial charge on any atom is -0.489 e. The maximum absolute atomic E-state index is 11.0. The molecule has 0 unspecified atom stereocenters. The number of rotatable bonds is 4. The Labute approximate surface area is 151 Å². The van der Waals surface area contributed by atoms with Crippen LogP contribution in [0.4, 0.5) is 5.69 Å². The van der Waals surface area contributed by atoms with Crippen LogP contribution < -0.4 is 10.1 Å². The smallest absolute Gasteiger partial charge is 0.221 e. The van der Waals surface area contributed by atoms with Crippen molar-refractivity contribution in [3.63, 3.8) is 0 Å². The number of benzene rings is 2. The zero-order valence-corrected chi connectivity index (χ0v) is 15.1. The Bertz CT molecular complexity index is 937.